The summed E-state index contributed by atoms with van der Waals surface area (Å²) in [6.45, 7) is 3.06. The molecule has 2 N–H and O–H groups in total. The summed E-state index contributed by atoms with van der Waals surface area (Å²) >= 11 is 3.52. The average molecular weight is 310 g/mol. The maximum absolute atomic E-state index is 5.69. The van der Waals surface area contributed by atoms with E-state index in [0.717, 1.165) is 27.1 Å². The Morgan fingerprint density at radius 1 is 1.28 bits per heavy atom. The highest BCUT2D eigenvalue weighted by Crippen LogP contribution is 2.21. The molecule has 1 heterocycles. The molecule has 0 aliphatic carbocycles. The molecule has 4 nitrogen and oxygen atoms in total. The molecule has 1 aromatic carbocycles. The van der Waals surface area contributed by atoms with Crippen molar-refractivity contribution in [2.45, 2.75) is 20.1 Å². The molecule has 0 amide bonds. The molecule has 0 aliphatic heterocycles. The van der Waals surface area contributed by atoms with Crippen LogP contribution < -0.4 is 5.73 Å². The molecule has 0 unspecified atom stereocenters. The van der Waals surface area contributed by atoms with Gasteiger partial charge in [-0.25, -0.2) is 0 Å². The highest BCUT2D eigenvalue weighted by molar-refractivity contribution is 9.10. The van der Waals surface area contributed by atoms with E-state index in [2.05, 4.69) is 21.0 Å². The monoisotopic (exact) mass is 309 g/mol. The van der Waals surface area contributed by atoms with Crippen LogP contribution in [0.15, 0.2) is 28.7 Å². The van der Waals surface area contributed by atoms with Gasteiger partial charge in [-0.2, -0.15) is 5.10 Å². The van der Waals surface area contributed by atoms with Gasteiger partial charge >= 0.3 is 0 Å². The van der Waals surface area contributed by atoms with Gasteiger partial charge in [0.1, 0.15) is 0 Å². The van der Waals surface area contributed by atoms with E-state index in [0.29, 0.717) is 13.2 Å². The van der Waals surface area contributed by atoms with Gasteiger partial charge in [-0.1, -0.05) is 12.1 Å². The van der Waals surface area contributed by atoms with Gasteiger partial charge in [-0.05, 0) is 40.5 Å². The molecule has 0 radical (unpaired) electrons. The fourth-order valence-electron chi connectivity index (χ4n) is 1.72. The smallest absolute Gasteiger partial charge is 0.0900 e. The van der Waals surface area contributed by atoms with Crippen LogP contribution in [0, 0.1) is 6.92 Å². The predicted octanol–water partition coefficient (Wildman–Crippen LogP) is 2.79. The van der Waals surface area contributed by atoms with E-state index in [1.165, 1.54) is 0 Å². The molecule has 0 fully saturated rings. The summed E-state index contributed by atoms with van der Waals surface area (Å²) < 4.78 is 8.54. The average Bonchev–Trinajstić information content (AvgIpc) is 2.58. The molecule has 0 bridgehead atoms. The zero-order valence-corrected chi connectivity index (χ0v) is 12.1. The van der Waals surface area contributed by atoms with Crippen LogP contribution in [-0.4, -0.2) is 9.78 Å². The number of hydrogen-bond acceptors (Lipinski definition) is 3. The number of benzene rings is 1. The highest BCUT2D eigenvalue weighted by Gasteiger charge is 2.10. The van der Waals surface area contributed by atoms with Crippen LogP contribution in [0.3, 0.4) is 0 Å². The number of anilines is 1. The Bertz CT molecular complexity index is 534. The molecule has 1 aromatic heterocycles. The van der Waals surface area contributed by atoms with Crippen LogP contribution in [0.1, 0.15) is 17.0 Å². The summed E-state index contributed by atoms with van der Waals surface area (Å²) in [5.74, 6) is 0. The third-order valence-corrected chi connectivity index (χ3v) is 3.78. The van der Waals surface area contributed by atoms with E-state index in [1.54, 1.807) is 0 Å². The van der Waals surface area contributed by atoms with Gasteiger partial charge < -0.3 is 10.5 Å². The van der Waals surface area contributed by atoms with Crippen molar-refractivity contribution in [2.75, 3.05) is 5.73 Å². The minimum absolute atomic E-state index is 0.530. The van der Waals surface area contributed by atoms with Crippen molar-refractivity contribution in [1.29, 1.82) is 0 Å². The number of aromatic nitrogens is 2. The molecule has 0 atom stereocenters. The van der Waals surface area contributed by atoms with Crippen molar-refractivity contribution in [3.8, 4) is 0 Å². The highest BCUT2D eigenvalue weighted by atomic mass is 79.9. The quantitative estimate of drug-likeness (QED) is 0.884. The first-order valence-electron chi connectivity index (χ1n) is 5.68. The molecule has 96 valence electrons. The van der Waals surface area contributed by atoms with Gasteiger partial charge in [0.2, 0.25) is 0 Å². The number of nitrogen functional groups attached to an aromatic ring is 1. The largest absolute Gasteiger partial charge is 0.399 e. The summed E-state index contributed by atoms with van der Waals surface area (Å²) in [5.41, 5.74) is 9.53. The minimum atomic E-state index is 0.530. The standard InChI is InChI=1S/C13H16BrN3O/c1-9-13(14)12(17(2)16-9)8-18-7-10-3-5-11(15)6-4-10/h3-6H,7-8,15H2,1-2H3. The number of hydrogen-bond donors (Lipinski definition) is 1. The van der Waals surface area contributed by atoms with E-state index in [9.17, 15) is 0 Å². The molecule has 2 aromatic rings. The molecule has 0 saturated heterocycles. The molecule has 0 saturated carbocycles. The predicted molar refractivity (Wildman–Crippen MR) is 75.0 cm³/mol. The summed E-state index contributed by atoms with van der Waals surface area (Å²) in [6, 6.07) is 7.70. The Morgan fingerprint density at radius 2 is 1.94 bits per heavy atom. The van der Waals surface area contributed by atoms with Gasteiger partial charge in [0, 0.05) is 12.7 Å². The van der Waals surface area contributed by atoms with Crippen LogP contribution in [0.4, 0.5) is 5.69 Å². The summed E-state index contributed by atoms with van der Waals surface area (Å²) in [5, 5.41) is 4.32. The van der Waals surface area contributed by atoms with Gasteiger partial charge in [0.05, 0.1) is 29.1 Å². The van der Waals surface area contributed by atoms with E-state index in [1.807, 2.05) is 42.9 Å². The first-order chi connectivity index (χ1) is 8.58. The Labute approximate surface area is 115 Å². The number of ether oxygens (including phenoxy) is 1. The Kier molecular flexibility index (Phi) is 4.04. The molecule has 18 heavy (non-hydrogen) atoms. The zero-order valence-electron chi connectivity index (χ0n) is 10.5. The van der Waals surface area contributed by atoms with Gasteiger partial charge in [-0.15, -0.1) is 0 Å². The maximum Gasteiger partial charge on any atom is 0.0900 e. The second-order valence-corrected chi connectivity index (χ2v) is 5.00. The maximum atomic E-state index is 5.69. The number of nitrogens with two attached hydrogens (primary N) is 1. The lowest BCUT2D eigenvalue weighted by Crippen LogP contribution is -2.02. The Morgan fingerprint density at radius 3 is 2.50 bits per heavy atom. The van der Waals surface area contributed by atoms with E-state index >= 15 is 0 Å². The lowest BCUT2D eigenvalue weighted by molar-refractivity contribution is 0.102. The van der Waals surface area contributed by atoms with Crippen molar-refractivity contribution >= 4 is 21.6 Å². The second-order valence-electron chi connectivity index (χ2n) is 4.20. The van der Waals surface area contributed by atoms with Gasteiger partial charge in [0.15, 0.2) is 0 Å². The lowest BCUT2D eigenvalue weighted by Gasteiger charge is -2.06. The van der Waals surface area contributed by atoms with Crippen LogP contribution >= 0.6 is 15.9 Å². The Balaban J connectivity index is 1.94. The fourth-order valence-corrected chi connectivity index (χ4v) is 2.17. The zero-order chi connectivity index (χ0) is 13.1. The summed E-state index contributed by atoms with van der Waals surface area (Å²) in [4.78, 5) is 0. The van der Waals surface area contributed by atoms with Gasteiger partial charge in [-0.3, -0.25) is 4.68 Å². The van der Waals surface area contributed by atoms with Crippen molar-refractivity contribution in [3.63, 3.8) is 0 Å². The fraction of sp³-hybridized carbons (Fsp3) is 0.308. The summed E-state index contributed by atoms with van der Waals surface area (Å²) in [6.07, 6.45) is 0. The van der Waals surface area contributed by atoms with Crippen LogP contribution in [0.2, 0.25) is 0 Å². The number of aryl methyl sites for hydroxylation is 2. The van der Waals surface area contributed by atoms with Crippen molar-refractivity contribution in [2.24, 2.45) is 7.05 Å². The third-order valence-electron chi connectivity index (χ3n) is 2.75. The van der Waals surface area contributed by atoms with Crippen LogP contribution in [0.5, 0.6) is 0 Å². The van der Waals surface area contributed by atoms with Crippen molar-refractivity contribution < 1.29 is 4.74 Å². The van der Waals surface area contributed by atoms with Crippen molar-refractivity contribution in [3.05, 3.63) is 45.7 Å². The first kappa shape index (κ1) is 13.1. The SMILES string of the molecule is Cc1nn(C)c(COCc2ccc(N)cc2)c1Br. The van der Waals surface area contributed by atoms with E-state index < -0.39 is 0 Å². The van der Waals surface area contributed by atoms with Crippen molar-refractivity contribution in [1.82, 2.24) is 9.78 Å². The molecule has 5 heteroatoms. The molecule has 2 rings (SSSR count). The number of nitrogens with zero attached hydrogens (tertiary/aromatic N) is 2. The normalized spacial score (nSPS) is 10.8. The number of rotatable bonds is 4. The van der Waals surface area contributed by atoms with E-state index in [4.69, 9.17) is 10.5 Å². The number of halogens is 1. The molecular weight excluding hydrogens is 294 g/mol. The molecule has 0 spiro atoms. The Hall–Kier alpha value is -1.33. The molecule has 0 aliphatic rings. The minimum Gasteiger partial charge on any atom is -0.399 e. The van der Waals surface area contributed by atoms with E-state index in [-0.39, 0.29) is 0 Å². The summed E-state index contributed by atoms with van der Waals surface area (Å²) in [7, 11) is 1.92. The second kappa shape index (κ2) is 5.54. The van der Waals surface area contributed by atoms with Crippen LogP contribution in [-0.2, 0) is 25.0 Å². The lowest BCUT2D eigenvalue weighted by atomic mass is 10.2. The van der Waals surface area contributed by atoms with Crippen LogP contribution in [0.25, 0.3) is 0 Å². The van der Waals surface area contributed by atoms with Gasteiger partial charge in [0.25, 0.3) is 0 Å². The first-order valence-corrected chi connectivity index (χ1v) is 6.47. The topological polar surface area (TPSA) is 53.1 Å². The molecular formula is C13H16BrN3O. The third kappa shape index (κ3) is 2.91.